The van der Waals surface area contributed by atoms with Gasteiger partial charge in [0.05, 0.1) is 12.2 Å². The van der Waals surface area contributed by atoms with E-state index in [-0.39, 0.29) is 5.97 Å². The SMILES string of the molecule is CCOC(=O)c1ccc(N2CCC(Nc3nccc(C)n3)CC2)cc1. The number of hydrogen-bond acceptors (Lipinski definition) is 6. The summed E-state index contributed by atoms with van der Waals surface area (Å²) in [7, 11) is 0. The lowest BCUT2D eigenvalue weighted by molar-refractivity contribution is 0.0526. The Morgan fingerprint density at radius 2 is 1.96 bits per heavy atom. The summed E-state index contributed by atoms with van der Waals surface area (Å²) in [5, 5.41) is 3.42. The molecular weight excluding hydrogens is 316 g/mol. The first-order chi connectivity index (χ1) is 12.2. The van der Waals surface area contributed by atoms with E-state index in [1.54, 1.807) is 6.20 Å². The van der Waals surface area contributed by atoms with Gasteiger partial charge in [0.1, 0.15) is 0 Å². The summed E-state index contributed by atoms with van der Waals surface area (Å²) in [5.41, 5.74) is 2.70. The number of piperidine rings is 1. The number of nitrogens with zero attached hydrogens (tertiary/aromatic N) is 3. The number of carbonyl (C=O) groups is 1. The van der Waals surface area contributed by atoms with Gasteiger partial charge >= 0.3 is 5.97 Å². The summed E-state index contributed by atoms with van der Waals surface area (Å²) in [6.45, 7) is 6.10. The molecule has 1 aromatic carbocycles. The Morgan fingerprint density at radius 1 is 1.24 bits per heavy atom. The Morgan fingerprint density at radius 3 is 2.60 bits per heavy atom. The summed E-state index contributed by atoms with van der Waals surface area (Å²) in [6.07, 6.45) is 3.83. The quantitative estimate of drug-likeness (QED) is 0.844. The zero-order chi connectivity index (χ0) is 17.6. The van der Waals surface area contributed by atoms with Crippen molar-refractivity contribution in [3.63, 3.8) is 0 Å². The van der Waals surface area contributed by atoms with Crippen LogP contribution >= 0.6 is 0 Å². The van der Waals surface area contributed by atoms with Crippen molar-refractivity contribution < 1.29 is 9.53 Å². The molecule has 0 atom stereocenters. The highest BCUT2D eigenvalue weighted by Gasteiger charge is 2.20. The van der Waals surface area contributed by atoms with Gasteiger partial charge in [-0.15, -0.1) is 0 Å². The van der Waals surface area contributed by atoms with Gasteiger partial charge in [-0.05, 0) is 57.0 Å². The van der Waals surface area contributed by atoms with E-state index in [2.05, 4.69) is 20.2 Å². The van der Waals surface area contributed by atoms with Crippen LogP contribution in [-0.4, -0.2) is 41.7 Å². The fourth-order valence-electron chi connectivity index (χ4n) is 3.01. The Bertz CT molecular complexity index is 710. The molecular formula is C19H24N4O2. The maximum absolute atomic E-state index is 11.7. The first kappa shape index (κ1) is 17.2. The van der Waals surface area contributed by atoms with Gasteiger partial charge in [-0.1, -0.05) is 0 Å². The largest absolute Gasteiger partial charge is 0.462 e. The molecule has 6 nitrogen and oxygen atoms in total. The number of aryl methyl sites for hydroxylation is 1. The average Bonchev–Trinajstić information content (AvgIpc) is 2.63. The van der Waals surface area contributed by atoms with Crippen molar-refractivity contribution in [1.29, 1.82) is 0 Å². The highest BCUT2D eigenvalue weighted by Crippen LogP contribution is 2.22. The molecule has 0 radical (unpaired) electrons. The van der Waals surface area contributed by atoms with Crippen LogP contribution in [0.3, 0.4) is 0 Å². The van der Waals surface area contributed by atoms with Gasteiger partial charge in [-0.2, -0.15) is 0 Å². The van der Waals surface area contributed by atoms with Gasteiger partial charge in [0.2, 0.25) is 5.95 Å². The second-order valence-electron chi connectivity index (χ2n) is 6.19. The molecule has 1 N–H and O–H groups in total. The smallest absolute Gasteiger partial charge is 0.338 e. The van der Waals surface area contributed by atoms with Crippen LogP contribution in [0.2, 0.25) is 0 Å². The lowest BCUT2D eigenvalue weighted by Crippen LogP contribution is -2.39. The summed E-state index contributed by atoms with van der Waals surface area (Å²) in [6, 6.07) is 9.93. The molecule has 1 aliphatic heterocycles. The van der Waals surface area contributed by atoms with Crippen molar-refractivity contribution in [3.8, 4) is 0 Å². The van der Waals surface area contributed by atoms with Crippen molar-refractivity contribution in [2.75, 3.05) is 29.9 Å². The third-order valence-electron chi connectivity index (χ3n) is 4.37. The number of ether oxygens (including phenoxy) is 1. The normalized spacial score (nSPS) is 15.0. The summed E-state index contributed by atoms with van der Waals surface area (Å²) in [5.74, 6) is 0.437. The minimum Gasteiger partial charge on any atom is -0.462 e. The maximum Gasteiger partial charge on any atom is 0.338 e. The van der Waals surface area contributed by atoms with Crippen molar-refractivity contribution >= 4 is 17.6 Å². The van der Waals surface area contributed by atoms with E-state index in [0.717, 1.165) is 37.3 Å². The lowest BCUT2D eigenvalue weighted by Gasteiger charge is -2.34. The Kier molecular flexibility index (Phi) is 5.48. The molecule has 0 bridgehead atoms. The molecule has 0 aliphatic carbocycles. The summed E-state index contributed by atoms with van der Waals surface area (Å²) < 4.78 is 5.02. The molecule has 132 valence electrons. The molecule has 2 heterocycles. The predicted molar refractivity (Wildman–Crippen MR) is 98.0 cm³/mol. The number of nitrogens with one attached hydrogen (secondary N) is 1. The number of benzene rings is 1. The van der Waals surface area contributed by atoms with Gasteiger partial charge in [-0.25, -0.2) is 14.8 Å². The predicted octanol–water partition coefficient (Wildman–Crippen LogP) is 3.04. The van der Waals surface area contributed by atoms with Crippen LogP contribution < -0.4 is 10.2 Å². The number of aromatic nitrogens is 2. The average molecular weight is 340 g/mol. The van der Waals surface area contributed by atoms with E-state index < -0.39 is 0 Å². The van der Waals surface area contributed by atoms with Crippen molar-refractivity contribution in [2.45, 2.75) is 32.7 Å². The molecule has 3 rings (SSSR count). The van der Waals surface area contributed by atoms with Crippen LogP contribution in [0.4, 0.5) is 11.6 Å². The lowest BCUT2D eigenvalue weighted by atomic mass is 10.0. The van der Waals surface area contributed by atoms with Gasteiger partial charge in [-0.3, -0.25) is 0 Å². The van der Waals surface area contributed by atoms with Crippen molar-refractivity contribution in [1.82, 2.24) is 9.97 Å². The standard InChI is InChI=1S/C19H24N4O2/c1-3-25-18(24)15-4-6-17(7-5-15)23-12-9-16(10-13-23)22-19-20-11-8-14(2)21-19/h4-8,11,16H,3,9-10,12-13H2,1-2H3,(H,20,21,22). The van der Waals surface area contributed by atoms with Gasteiger partial charge in [0, 0.05) is 36.7 Å². The number of carbonyl (C=O) groups excluding carboxylic acids is 1. The van der Waals surface area contributed by atoms with E-state index in [0.29, 0.717) is 24.2 Å². The molecule has 25 heavy (non-hydrogen) atoms. The van der Waals surface area contributed by atoms with Crippen LogP contribution in [0.15, 0.2) is 36.5 Å². The zero-order valence-corrected chi connectivity index (χ0v) is 14.7. The minimum absolute atomic E-state index is 0.268. The van der Waals surface area contributed by atoms with E-state index >= 15 is 0 Å². The third-order valence-corrected chi connectivity index (χ3v) is 4.37. The highest BCUT2D eigenvalue weighted by atomic mass is 16.5. The first-order valence-corrected chi connectivity index (χ1v) is 8.74. The second-order valence-corrected chi connectivity index (χ2v) is 6.19. The molecule has 2 aromatic rings. The minimum atomic E-state index is -0.268. The number of esters is 1. The first-order valence-electron chi connectivity index (χ1n) is 8.74. The molecule has 1 saturated heterocycles. The van der Waals surface area contributed by atoms with E-state index in [1.807, 2.05) is 44.2 Å². The number of anilines is 2. The topological polar surface area (TPSA) is 67.3 Å². The van der Waals surface area contributed by atoms with Crippen LogP contribution in [0.1, 0.15) is 35.8 Å². The monoisotopic (exact) mass is 340 g/mol. The maximum atomic E-state index is 11.7. The van der Waals surface area contributed by atoms with Crippen molar-refractivity contribution in [3.05, 3.63) is 47.8 Å². The Hall–Kier alpha value is -2.63. The second kappa shape index (κ2) is 7.96. The van der Waals surface area contributed by atoms with E-state index in [1.165, 1.54) is 0 Å². The van der Waals surface area contributed by atoms with E-state index in [9.17, 15) is 4.79 Å². The van der Waals surface area contributed by atoms with Gasteiger partial charge in [0.25, 0.3) is 0 Å². The Balaban J connectivity index is 1.54. The number of hydrogen-bond donors (Lipinski definition) is 1. The molecule has 0 saturated carbocycles. The third kappa shape index (κ3) is 4.47. The van der Waals surface area contributed by atoms with E-state index in [4.69, 9.17) is 4.74 Å². The zero-order valence-electron chi connectivity index (χ0n) is 14.7. The van der Waals surface area contributed by atoms with Crippen LogP contribution in [-0.2, 0) is 4.74 Å². The summed E-state index contributed by atoms with van der Waals surface area (Å²) in [4.78, 5) is 22.7. The molecule has 0 spiro atoms. The van der Waals surface area contributed by atoms with Gasteiger partial charge < -0.3 is 15.0 Å². The number of rotatable bonds is 5. The van der Waals surface area contributed by atoms with Crippen LogP contribution in [0.25, 0.3) is 0 Å². The molecule has 1 fully saturated rings. The summed E-state index contributed by atoms with van der Waals surface area (Å²) >= 11 is 0. The van der Waals surface area contributed by atoms with Gasteiger partial charge in [0.15, 0.2) is 0 Å². The molecule has 0 amide bonds. The fraction of sp³-hybridized carbons (Fsp3) is 0.421. The molecule has 6 heteroatoms. The molecule has 1 aliphatic rings. The van der Waals surface area contributed by atoms with Crippen LogP contribution in [0.5, 0.6) is 0 Å². The molecule has 0 unspecified atom stereocenters. The molecule has 1 aromatic heterocycles. The van der Waals surface area contributed by atoms with Crippen molar-refractivity contribution in [2.24, 2.45) is 0 Å². The highest BCUT2D eigenvalue weighted by molar-refractivity contribution is 5.89. The van der Waals surface area contributed by atoms with Crippen LogP contribution in [0, 0.1) is 6.92 Å². The Labute approximate surface area is 148 Å². The fourth-order valence-corrected chi connectivity index (χ4v) is 3.01.